The van der Waals surface area contributed by atoms with E-state index in [-0.39, 0.29) is 29.2 Å². The molecule has 174 valence electrons. The van der Waals surface area contributed by atoms with Crippen LogP contribution < -0.4 is 10.6 Å². The summed E-state index contributed by atoms with van der Waals surface area (Å²) in [6, 6.07) is 10.2. The molecular formula is C27H39N3O2. The van der Waals surface area contributed by atoms with E-state index in [9.17, 15) is 9.59 Å². The second-order valence-electron chi connectivity index (χ2n) is 11.6. The van der Waals surface area contributed by atoms with Crippen LogP contribution in [0, 0.1) is 29.1 Å². The molecule has 5 nitrogen and oxygen atoms in total. The summed E-state index contributed by atoms with van der Waals surface area (Å²) in [4.78, 5) is 29.1. The highest BCUT2D eigenvalue weighted by Crippen LogP contribution is 2.60. The number of hydrogen-bond acceptors (Lipinski definition) is 3. The van der Waals surface area contributed by atoms with Crippen molar-refractivity contribution in [2.45, 2.75) is 77.4 Å². The third kappa shape index (κ3) is 4.46. The lowest BCUT2D eigenvalue weighted by Gasteiger charge is -2.55. The van der Waals surface area contributed by atoms with Crippen molar-refractivity contribution >= 4 is 11.8 Å². The van der Waals surface area contributed by atoms with Crippen molar-refractivity contribution in [2.75, 3.05) is 13.1 Å². The standard InChI is InChI=1S/C27H39N3O2/c1-18(2)24(29-26(32)27-13-20-10-21(14-27)12-22(11-20)15-27)25(31)28-23-8-9-30(17-23)16-19-6-4-3-5-7-19/h3-7,18,20-24H,8-17H2,1-2H3,(H,28,31)(H,29,32)/t20?,21?,22?,23-,24+,27?/m0/s1. The van der Waals surface area contributed by atoms with E-state index in [4.69, 9.17) is 0 Å². The summed E-state index contributed by atoms with van der Waals surface area (Å²) in [5.41, 5.74) is 1.10. The highest BCUT2D eigenvalue weighted by Gasteiger charge is 2.55. The first-order valence-electron chi connectivity index (χ1n) is 12.8. The number of nitrogens with zero attached hydrogens (tertiary/aromatic N) is 1. The second-order valence-corrected chi connectivity index (χ2v) is 11.6. The molecule has 2 amide bonds. The first kappa shape index (κ1) is 21.9. The molecular weight excluding hydrogens is 398 g/mol. The quantitative estimate of drug-likeness (QED) is 0.683. The highest BCUT2D eigenvalue weighted by atomic mass is 16.2. The van der Waals surface area contributed by atoms with E-state index in [1.807, 2.05) is 19.9 Å². The molecule has 4 bridgehead atoms. The number of benzene rings is 1. The minimum atomic E-state index is -0.446. The van der Waals surface area contributed by atoms with Gasteiger partial charge in [-0.1, -0.05) is 44.2 Å². The lowest BCUT2D eigenvalue weighted by Crippen LogP contribution is -2.59. The molecule has 5 aliphatic rings. The van der Waals surface area contributed by atoms with Crippen molar-refractivity contribution in [3.8, 4) is 0 Å². The fraction of sp³-hybridized carbons (Fsp3) is 0.704. The molecule has 1 heterocycles. The number of likely N-dealkylation sites (tertiary alicyclic amines) is 1. The molecule has 1 aliphatic heterocycles. The minimum absolute atomic E-state index is 0.00959. The van der Waals surface area contributed by atoms with Crippen LogP contribution in [0.5, 0.6) is 0 Å². The van der Waals surface area contributed by atoms with E-state index < -0.39 is 6.04 Å². The van der Waals surface area contributed by atoms with E-state index in [1.54, 1.807) is 0 Å². The van der Waals surface area contributed by atoms with Gasteiger partial charge >= 0.3 is 0 Å². The van der Waals surface area contributed by atoms with Gasteiger partial charge in [-0.3, -0.25) is 14.5 Å². The predicted octanol–water partition coefficient (Wildman–Crippen LogP) is 3.73. The predicted molar refractivity (Wildman–Crippen MR) is 126 cm³/mol. The maximum absolute atomic E-state index is 13.5. The Bertz CT molecular complexity index is 801. The molecule has 4 aliphatic carbocycles. The van der Waals surface area contributed by atoms with Crippen LogP contribution >= 0.6 is 0 Å². The molecule has 1 saturated heterocycles. The van der Waals surface area contributed by atoms with Gasteiger partial charge in [-0.15, -0.1) is 0 Å². The van der Waals surface area contributed by atoms with Crippen LogP contribution in [0.15, 0.2) is 30.3 Å². The Labute approximate surface area is 192 Å². The van der Waals surface area contributed by atoms with Crippen molar-refractivity contribution in [3.05, 3.63) is 35.9 Å². The number of carbonyl (C=O) groups is 2. The molecule has 1 aromatic carbocycles. The lowest BCUT2D eigenvalue weighted by atomic mass is 9.49. The summed E-state index contributed by atoms with van der Waals surface area (Å²) in [6.45, 7) is 6.87. The number of nitrogens with one attached hydrogen (secondary N) is 2. The molecule has 32 heavy (non-hydrogen) atoms. The van der Waals surface area contributed by atoms with Crippen molar-refractivity contribution in [1.29, 1.82) is 0 Å². The maximum atomic E-state index is 13.5. The maximum Gasteiger partial charge on any atom is 0.243 e. The van der Waals surface area contributed by atoms with Gasteiger partial charge in [-0.2, -0.15) is 0 Å². The summed E-state index contributed by atoms with van der Waals surface area (Å²) in [5, 5.41) is 6.49. The SMILES string of the molecule is CC(C)[C@@H](NC(=O)C12CC3CC(CC(C3)C1)C2)C(=O)N[C@H]1CCN(Cc2ccccc2)C1. The summed E-state index contributed by atoms with van der Waals surface area (Å²) >= 11 is 0. The summed E-state index contributed by atoms with van der Waals surface area (Å²) < 4.78 is 0. The number of amides is 2. The molecule has 6 rings (SSSR count). The van der Waals surface area contributed by atoms with Gasteiger partial charge in [-0.25, -0.2) is 0 Å². The molecule has 5 heteroatoms. The van der Waals surface area contributed by atoms with Gasteiger partial charge in [0.25, 0.3) is 0 Å². The molecule has 4 saturated carbocycles. The average molecular weight is 438 g/mol. The van der Waals surface area contributed by atoms with Crippen LogP contribution in [-0.2, 0) is 16.1 Å². The number of rotatable bonds is 7. The van der Waals surface area contributed by atoms with Gasteiger partial charge in [0.1, 0.15) is 6.04 Å². The molecule has 5 fully saturated rings. The molecule has 0 radical (unpaired) electrons. The third-order valence-corrected chi connectivity index (χ3v) is 8.62. The Kier molecular flexibility index (Phi) is 6.04. The first-order chi connectivity index (χ1) is 15.4. The molecule has 1 aromatic rings. The van der Waals surface area contributed by atoms with Crippen molar-refractivity contribution in [2.24, 2.45) is 29.1 Å². The van der Waals surface area contributed by atoms with E-state index in [2.05, 4.69) is 39.8 Å². The molecule has 0 aromatic heterocycles. The minimum Gasteiger partial charge on any atom is -0.350 e. The Hall–Kier alpha value is -1.88. The van der Waals surface area contributed by atoms with Gasteiger partial charge in [-0.05, 0) is 74.2 Å². The molecule has 2 atom stereocenters. The Morgan fingerprint density at radius 3 is 2.25 bits per heavy atom. The second kappa shape index (κ2) is 8.81. The fourth-order valence-corrected chi connectivity index (χ4v) is 7.44. The molecule has 2 N–H and O–H groups in total. The topological polar surface area (TPSA) is 61.4 Å². The van der Waals surface area contributed by atoms with Gasteiger partial charge in [0.2, 0.25) is 11.8 Å². The Morgan fingerprint density at radius 2 is 1.66 bits per heavy atom. The summed E-state index contributed by atoms with van der Waals surface area (Å²) in [5.74, 6) is 2.41. The Balaban J connectivity index is 1.17. The average Bonchev–Trinajstić information content (AvgIpc) is 3.17. The van der Waals surface area contributed by atoms with Crippen molar-refractivity contribution in [1.82, 2.24) is 15.5 Å². The molecule has 0 spiro atoms. The van der Waals surface area contributed by atoms with Crippen molar-refractivity contribution in [3.63, 3.8) is 0 Å². The lowest BCUT2D eigenvalue weighted by molar-refractivity contribution is -0.149. The number of carbonyl (C=O) groups excluding carboxylic acids is 2. The number of hydrogen-bond donors (Lipinski definition) is 2. The Morgan fingerprint density at radius 1 is 1.03 bits per heavy atom. The fourth-order valence-electron chi connectivity index (χ4n) is 7.44. The van der Waals surface area contributed by atoms with Crippen LogP contribution in [-0.4, -0.2) is 41.9 Å². The summed E-state index contributed by atoms with van der Waals surface area (Å²) in [6.07, 6.45) is 8.04. The summed E-state index contributed by atoms with van der Waals surface area (Å²) in [7, 11) is 0. The van der Waals surface area contributed by atoms with Gasteiger partial charge in [0, 0.05) is 31.1 Å². The zero-order valence-corrected chi connectivity index (χ0v) is 19.7. The van der Waals surface area contributed by atoms with Crippen LogP contribution in [0.1, 0.15) is 64.4 Å². The zero-order valence-electron chi connectivity index (χ0n) is 19.7. The van der Waals surface area contributed by atoms with Crippen molar-refractivity contribution < 1.29 is 9.59 Å². The first-order valence-corrected chi connectivity index (χ1v) is 12.8. The normalized spacial score (nSPS) is 34.6. The van der Waals surface area contributed by atoms with E-state index >= 15 is 0 Å². The van der Waals surface area contributed by atoms with Crippen LogP contribution in [0.4, 0.5) is 0 Å². The van der Waals surface area contributed by atoms with E-state index in [0.29, 0.717) is 0 Å². The van der Waals surface area contributed by atoms with Gasteiger partial charge in [0.15, 0.2) is 0 Å². The van der Waals surface area contributed by atoms with E-state index in [1.165, 1.54) is 24.8 Å². The molecule has 0 unspecified atom stereocenters. The van der Waals surface area contributed by atoms with Crippen LogP contribution in [0.3, 0.4) is 0 Å². The van der Waals surface area contributed by atoms with E-state index in [0.717, 1.165) is 63.1 Å². The van der Waals surface area contributed by atoms with Gasteiger partial charge in [0.05, 0.1) is 0 Å². The monoisotopic (exact) mass is 437 g/mol. The van der Waals surface area contributed by atoms with Crippen LogP contribution in [0.25, 0.3) is 0 Å². The van der Waals surface area contributed by atoms with Crippen LogP contribution in [0.2, 0.25) is 0 Å². The third-order valence-electron chi connectivity index (χ3n) is 8.62. The highest BCUT2D eigenvalue weighted by molar-refractivity contribution is 5.90. The van der Waals surface area contributed by atoms with Gasteiger partial charge < -0.3 is 10.6 Å². The zero-order chi connectivity index (χ0) is 22.3. The smallest absolute Gasteiger partial charge is 0.243 e. The largest absolute Gasteiger partial charge is 0.350 e.